The van der Waals surface area contributed by atoms with Gasteiger partial charge in [-0.15, -0.1) is 0 Å². The van der Waals surface area contributed by atoms with Crippen LogP contribution in [0.4, 0.5) is 22.0 Å². The lowest BCUT2D eigenvalue weighted by Crippen LogP contribution is -2.12. The highest BCUT2D eigenvalue weighted by Crippen LogP contribution is 2.33. The van der Waals surface area contributed by atoms with Crippen LogP contribution >= 0.6 is 0 Å². The number of alkyl halides is 4. The van der Waals surface area contributed by atoms with Crippen LogP contribution in [0.15, 0.2) is 18.2 Å². The first kappa shape index (κ1) is 11.9. The first-order valence-corrected chi connectivity index (χ1v) is 3.97. The summed E-state index contributed by atoms with van der Waals surface area (Å²) in [6.45, 7) is -1.34. The molecule has 1 rings (SSSR count). The molecule has 0 amide bonds. The first-order valence-electron chi connectivity index (χ1n) is 3.97. The third-order valence-corrected chi connectivity index (χ3v) is 1.84. The average molecular weight is 226 g/mol. The third kappa shape index (κ3) is 2.44. The quantitative estimate of drug-likeness (QED) is 0.769. The van der Waals surface area contributed by atoms with Crippen LogP contribution in [0.25, 0.3) is 0 Å². The molecule has 0 heterocycles. The number of rotatable bonds is 2. The van der Waals surface area contributed by atoms with E-state index in [4.69, 9.17) is 5.11 Å². The highest BCUT2D eigenvalue weighted by Gasteiger charge is 2.35. The van der Waals surface area contributed by atoms with Gasteiger partial charge >= 0.3 is 6.18 Å². The molecule has 15 heavy (non-hydrogen) atoms. The van der Waals surface area contributed by atoms with Crippen molar-refractivity contribution in [2.75, 3.05) is 6.67 Å². The van der Waals surface area contributed by atoms with E-state index in [0.717, 1.165) is 12.1 Å². The molecule has 1 unspecified atom stereocenters. The number of aliphatic hydroxyl groups is 1. The second-order valence-corrected chi connectivity index (χ2v) is 2.88. The third-order valence-electron chi connectivity index (χ3n) is 1.84. The molecule has 1 atom stereocenters. The van der Waals surface area contributed by atoms with Gasteiger partial charge in [0, 0.05) is 5.56 Å². The zero-order valence-electron chi connectivity index (χ0n) is 7.35. The van der Waals surface area contributed by atoms with Gasteiger partial charge in [0.15, 0.2) is 0 Å². The maximum Gasteiger partial charge on any atom is 0.419 e. The smallest absolute Gasteiger partial charge is 0.386 e. The summed E-state index contributed by atoms with van der Waals surface area (Å²) in [5.74, 6) is -1.63. The molecule has 84 valence electrons. The zero-order chi connectivity index (χ0) is 11.6. The second-order valence-electron chi connectivity index (χ2n) is 2.88. The van der Waals surface area contributed by atoms with Gasteiger partial charge in [-0.3, -0.25) is 0 Å². The van der Waals surface area contributed by atoms with Crippen LogP contribution in [-0.4, -0.2) is 11.8 Å². The topological polar surface area (TPSA) is 20.2 Å². The predicted molar refractivity (Wildman–Crippen MR) is 42.3 cm³/mol. The summed E-state index contributed by atoms with van der Waals surface area (Å²) < 4.78 is 61.7. The Kier molecular flexibility index (Phi) is 3.28. The lowest BCUT2D eigenvalue weighted by atomic mass is 10.1. The monoisotopic (exact) mass is 226 g/mol. The number of halogens is 5. The standard InChI is InChI=1S/C9H7F5O/c10-4-7(15)5-2-1-3-6(8(5)11)9(12,13)14/h1-3,7,15H,4H2. The highest BCUT2D eigenvalue weighted by molar-refractivity contribution is 5.29. The van der Waals surface area contributed by atoms with Crippen LogP contribution in [0.1, 0.15) is 17.2 Å². The summed E-state index contributed by atoms with van der Waals surface area (Å²) in [5.41, 5.74) is -2.19. The van der Waals surface area contributed by atoms with E-state index < -0.39 is 35.9 Å². The van der Waals surface area contributed by atoms with E-state index in [1.807, 2.05) is 0 Å². The van der Waals surface area contributed by atoms with Crippen molar-refractivity contribution in [1.82, 2.24) is 0 Å². The summed E-state index contributed by atoms with van der Waals surface area (Å²) in [7, 11) is 0. The van der Waals surface area contributed by atoms with E-state index in [2.05, 4.69) is 0 Å². The van der Waals surface area contributed by atoms with Gasteiger partial charge in [0.2, 0.25) is 0 Å². The maximum atomic E-state index is 13.2. The number of hydrogen-bond acceptors (Lipinski definition) is 1. The fourth-order valence-corrected chi connectivity index (χ4v) is 1.11. The van der Waals surface area contributed by atoms with Gasteiger partial charge in [-0.1, -0.05) is 12.1 Å². The molecular weight excluding hydrogens is 219 g/mol. The summed E-state index contributed by atoms with van der Waals surface area (Å²) in [4.78, 5) is 0. The first-order chi connectivity index (χ1) is 6.88. The van der Waals surface area contributed by atoms with Crippen molar-refractivity contribution in [2.24, 2.45) is 0 Å². The van der Waals surface area contributed by atoms with E-state index in [-0.39, 0.29) is 0 Å². The van der Waals surface area contributed by atoms with Gasteiger partial charge in [-0.2, -0.15) is 13.2 Å². The van der Waals surface area contributed by atoms with Crippen molar-refractivity contribution in [3.05, 3.63) is 35.1 Å². The number of aliphatic hydroxyl groups excluding tert-OH is 1. The van der Waals surface area contributed by atoms with Crippen LogP contribution in [0.5, 0.6) is 0 Å². The minimum absolute atomic E-state index is 0.532. The molecule has 0 bridgehead atoms. The van der Waals surface area contributed by atoms with Crippen molar-refractivity contribution in [3.63, 3.8) is 0 Å². The summed E-state index contributed by atoms with van der Waals surface area (Å²) in [5, 5.41) is 8.92. The second kappa shape index (κ2) is 4.14. The van der Waals surface area contributed by atoms with Crippen molar-refractivity contribution in [3.8, 4) is 0 Å². The van der Waals surface area contributed by atoms with E-state index in [1.54, 1.807) is 0 Å². The van der Waals surface area contributed by atoms with Crippen LogP contribution < -0.4 is 0 Å². The lowest BCUT2D eigenvalue weighted by Gasteiger charge is -2.13. The largest absolute Gasteiger partial charge is 0.419 e. The molecular formula is C9H7F5O. The lowest BCUT2D eigenvalue weighted by molar-refractivity contribution is -0.140. The normalized spacial score (nSPS) is 14.0. The van der Waals surface area contributed by atoms with E-state index in [0.29, 0.717) is 6.07 Å². The van der Waals surface area contributed by atoms with Crippen LogP contribution in [0.2, 0.25) is 0 Å². The molecule has 0 saturated heterocycles. The van der Waals surface area contributed by atoms with Crippen LogP contribution in [-0.2, 0) is 6.18 Å². The predicted octanol–water partition coefficient (Wildman–Crippen LogP) is 2.85. The van der Waals surface area contributed by atoms with Gasteiger partial charge in [0.25, 0.3) is 0 Å². The average Bonchev–Trinajstić information content (AvgIpc) is 2.15. The highest BCUT2D eigenvalue weighted by atomic mass is 19.4. The van der Waals surface area contributed by atoms with Gasteiger partial charge in [0.1, 0.15) is 18.6 Å². The molecule has 0 aliphatic heterocycles. The molecule has 1 aromatic carbocycles. The van der Waals surface area contributed by atoms with Crippen molar-refractivity contribution in [2.45, 2.75) is 12.3 Å². The Bertz CT molecular complexity index is 347. The Hall–Kier alpha value is -1.17. The number of benzene rings is 1. The SMILES string of the molecule is OC(CF)c1cccc(C(F)(F)F)c1F. The Balaban J connectivity index is 3.23. The molecule has 0 aliphatic carbocycles. The summed E-state index contributed by atoms with van der Waals surface area (Å²) in [6.07, 6.45) is -6.72. The molecule has 6 heteroatoms. The Morgan fingerprint density at radius 1 is 1.27 bits per heavy atom. The molecule has 0 saturated carbocycles. The molecule has 0 aromatic heterocycles. The van der Waals surface area contributed by atoms with Crippen molar-refractivity contribution >= 4 is 0 Å². The van der Waals surface area contributed by atoms with E-state index >= 15 is 0 Å². The molecule has 0 aliphatic rings. The molecule has 0 radical (unpaired) electrons. The Morgan fingerprint density at radius 2 is 1.87 bits per heavy atom. The van der Waals surface area contributed by atoms with E-state index in [1.165, 1.54) is 0 Å². The van der Waals surface area contributed by atoms with Crippen LogP contribution in [0.3, 0.4) is 0 Å². The van der Waals surface area contributed by atoms with Crippen LogP contribution in [0, 0.1) is 5.82 Å². The minimum Gasteiger partial charge on any atom is -0.386 e. The van der Waals surface area contributed by atoms with Gasteiger partial charge < -0.3 is 5.11 Å². The fraction of sp³-hybridized carbons (Fsp3) is 0.333. The van der Waals surface area contributed by atoms with Crippen molar-refractivity contribution in [1.29, 1.82) is 0 Å². The summed E-state index contributed by atoms with van der Waals surface area (Å²) in [6, 6.07) is 2.36. The fourth-order valence-electron chi connectivity index (χ4n) is 1.11. The number of hydrogen-bond donors (Lipinski definition) is 1. The molecule has 1 N–H and O–H groups in total. The molecule has 0 fully saturated rings. The van der Waals surface area contributed by atoms with Gasteiger partial charge in [-0.25, -0.2) is 8.78 Å². The zero-order valence-corrected chi connectivity index (χ0v) is 7.35. The molecule has 0 spiro atoms. The Labute approximate surface area is 82.1 Å². The maximum absolute atomic E-state index is 13.2. The van der Waals surface area contributed by atoms with Gasteiger partial charge in [0.05, 0.1) is 5.56 Å². The Morgan fingerprint density at radius 3 is 2.33 bits per heavy atom. The van der Waals surface area contributed by atoms with E-state index in [9.17, 15) is 22.0 Å². The molecule has 1 aromatic rings. The van der Waals surface area contributed by atoms with Crippen molar-refractivity contribution < 1.29 is 27.1 Å². The van der Waals surface area contributed by atoms with Gasteiger partial charge in [-0.05, 0) is 6.07 Å². The molecule has 1 nitrogen and oxygen atoms in total. The minimum atomic E-state index is -4.85. The summed E-state index contributed by atoms with van der Waals surface area (Å²) >= 11 is 0.